The highest BCUT2D eigenvalue weighted by molar-refractivity contribution is 5.72. The monoisotopic (exact) mass is 370 g/mol. The van der Waals surface area contributed by atoms with Gasteiger partial charge in [0.05, 0.1) is 23.5 Å². The Morgan fingerprint density at radius 3 is 2.85 bits per heavy atom. The summed E-state index contributed by atoms with van der Waals surface area (Å²) in [6.45, 7) is 7.66. The Labute approximate surface area is 158 Å². The Kier molecular flexibility index (Phi) is 4.61. The molecular weight excluding hydrogens is 344 g/mol. The number of fused-ring (bicyclic) bond motifs is 1. The zero-order chi connectivity index (χ0) is 19.0. The van der Waals surface area contributed by atoms with Crippen LogP contribution in [0.5, 0.6) is 0 Å². The van der Waals surface area contributed by atoms with E-state index in [0.29, 0.717) is 6.61 Å². The standard InChI is InChI=1S/C19H26N6O2/c1-19(2,3)25-17(11-14(23-25)16-6-5-9-27-16)21-18-15-10-13(12-26-4)22-24(15)8-7-20-18/h7-8,10-11,16H,5-6,9,12H2,1-4H3,(H,20,21)/t16-/m1/s1. The molecule has 1 saturated heterocycles. The van der Waals surface area contributed by atoms with Crippen molar-refractivity contribution in [1.29, 1.82) is 0 Å². The molecule has 1 aliphatic rings. The molecule has 27 heavy (non-hydrogen) atoms. The average Bonchev–Trinajstić information content (AvgIpc) is 3.33. The van der Waals surface area contributed by atoms with E-state index in [0.717, 1.165) is 48.0 Å². The first-order valence-electron chi connectivity index (χ1n) is 9.27. The topological polar surface area (TPSA) is 78.5 Å². The minimum atomic E-state index is -0.175. The van der Waals surface area contributed by atoms with Crippen molar-refractivity contribution in [2.24, 2.45) is 0 Å². The predicted molar refractivity (Wildman–Crippen MR) is 102 cm³/mol. The van der Waals surface area contributed by atoms with Crippen molar-refractivity contribution in [2.45, 2.75) is 51.9 Å². The lowest BCUT2D eigenvalue weighted by molar-refractivity contribution is 0.107. The van der Waals surface area contributed by atoms with Crippen LogP contribution in [0.3, 0.4) is 0 Å². The van der Waals surface area contributed by atoms with Crippen molar-refractivity contribution >= 4 is 17.2 Å². The van der Waals surface area contributed by atoms with Gasteiger partial charge in [0.2, 0.25) is 0 Å². The van der Waals surface area contributed by atoms with Gasteiger partial charge in [0.15, 0.2) is 5.82 Å². The molecule has 4 heterocycles. The molecule has 1 N–H and O–H groups in total. The molecule has 3 aromatic rings. The van der Waals surface area contributed by atoms with E-state index in [1.807, 2.05) is 21.5 Å². The third-order valence-electron chi connectivity index (χ3n) is 4.60. The number of methoxy groups -OCH3 is 1. The van der Waals surface area contributed by atoms with E-state index in [9.17, 15) is 0 Å². The number of hydrogen-bond acceptors (Lipinski definition) is 6. The maximum Gasteiger partial charge on any atom is 0.157 e. The molecule has 0 unspecified atom stereocenters. The number of ether oxygens (including phenoxy) is 2. The second-order valence-corrected chi connectivity index (χ2v) is 7.84. The van der Waals surface area contributed by atoms with Gasteiger partial charge in [-0.2, -0.15) is 10.2 Å². The van der Waals surface area contributed by atoms with Crippen LogP contribution < -0.4 is 5.32 Å². The molecule has 0 saturated carbocycles. The highest BCUT2D eigenvalue weighted by Crippen LogP contribution is 2.33. The van der Waals surface area contributed by atoms with Crippen molar-refractivity contribution in [1.82, 2.24) is 24.4 Å². The van der Waals surface area contributed by atoms with Crippen molar-refractivity contribution < 1.29 is 9.47 Å². The number of rotatable bonds is 5. The minimum absolute atomic E-state index is 0.0705. The highest BCUT2D eigenvalue weighted by Gasteiger charge is 2.26. The zero-order valence-electron chi connectivity index (χ0n) is 16.3. The summed E-state index contributed by atoms with van der Waals surface area (Å²) in [6, 6.07) is 4.05. The summed E-state index contributed by atoms with van der Waals surface area (Å²) in [5, 5.41) is 12.8. The first-order chi connectivity index (χ1) is 13.0. The quantitative estimate of drug-likeness (QED) is 0.741. The molecule has 4 rings (SSSR count). The molecule has 1 fully saturated rings. The summed E-state index contributed by atoms with van der Waals surface area (Å²) in [5.74, 6) is 1.62. The van der Waals surface area contributed by atoms with E-state index in [4.69, 9.17) is 14.6 Å². The van der Waals surface area contributed by atoms with Crippen molar-refractivity contribution in [3.8, 4) is 0 Å². The van der Waals surface area contributed by atoms with Crippen LogP contribution in [-0.2, 0) is 21.6 Å². The second kappa shape index (κ2) is 6.94. The van der Waals surface area contributed by atoms with E-state index in [1.165, 1.54) is 0 Å². The Morgan fingerprint density at radius 2 is 2.15 bits per heavy atom. The number of hydrogen-bond donors (Lipinski definition) is 1. The van der Waals surface area contributed by atoms with Gasteiger partial charge >= 0.3 is 0 Å². The van der Waals surface area contributed by atoms with Crippen LogP contribution in [-0.4, -0.2) is 38.1 Å². The summed E-state index contributed by atoms with van der Waals surface area (Å²) >= 11 is 0. The first-order valence-corrected chi connectivity index (χ1v) is 9.27. The van der Waals surface area contributed by atoms with E-state index < -0.39 is 0 Å². The molecule has 1 aliphatic heterocycles. The molecule has 8 heteroatoms. The van der Waals surface area contributed by atoms with Crippen LogP contribution in [0.25, 0.3) is 5.52 Å². The molecule has 0 amide bonds. The number of nitrogens with zero attached hydrogens (tertiary/aromatic N) is 5. The van der Waals surface area contributed by atoms with E-state index >= 15 is 0 Å². The van der Waals surface area contributed by atoms with Crippen molar-refractivity contribution in [2.75, 3.05) is 19.0 Å². The molecule has 0 aromatic carbocycles. The van der Waals surface area contributed by atoms with Gasteiger partial charge in [-0.05, 0) is 39.7 Å². The normalized spacial score (nSPS) is 17.7. The predicted octanol–water partition coefficient (Wildman–Crippen LogP) is 3.42. The van der Waals surface area contributed by atoms with Gasteiger partial charge in [-0.3, -0.25) is 0 Å². The van der Waals surface area contributed by atoms with Gasteiger partial charge < -0.3 is 14.8 Å². The molecular formula is C19H26N6O2. The molecule has 0 radical (unpaired) electrons. The smallest absolute Gasteiger partial charge is 0.157 e. The van der Waals surface area contributed by atoms with Gasteiger partial charge in [-0.15, -0.1) is 0 Å². The van der Waals surface area contributed by atoms with Crippen LogP contribution in [0.1, 0.15) is 51.1 Å². The fraction of sp³-hybridized carbons (Fsp3) is 0.526. The van der Waals surface area contributed by atoms with Crippen molar-refractivity contribution in [3.63, 3.8) is 0 Å². The highest BCUT2D eigenvalue weighted by atomic mass is 16.5. The molecule has 0 bridgehead atoms. The van der Waals surface area contributed by atoms with Crippen LogP contribution in [0.4, 0.5) is 11.6 Å². The largest absolute Gasteiger partial charge is 0.378 e. The summed E-state index contributed by atoms with van der Waals surface area (Å²) in [4.78, 5) is 4.52. The Balaban J connectivity index is 1.72. The summed E-state index contributed by atoms with van der Waals surface area (Å²) in [5.41, 5.74) is 2.54. The summed E-state index contributed by atoms with van der Waals surface area (Å²) < 4.78 is 14.8. The number of aromatic nitrogens is 5. The molecule has 3 aromatic heterocycles. The van der Waals surface area contributed by atoms with Crippen LogP contribution in [0, 0.1) is 0 Å². The average molecular weight is 370 g/mol. The fourth-order valence-electron chi connectivity index (χ4n) is 3.38. The number of nitrogens with one attached hydrogen (secondary N) is 1. The molecule has 8 nitrogen and oxygen atoms in total. The lowest BCUT2D eigenvalue weighted by atomic mass is 10.1. The SMILES string of the molecule is COCc1cc2c(Nc3cc([C@H]4CCCO4)nn3C(C)(C)C)nccn2n1. The van der Waals surface area contributed by atoms with Gasteiger partial charge in [0, 0.05) is 32.2 Å². The van der Waals surface area contributed by atoms with Crippen LogP contribution in [0.2, 0.25) is 0 Å². The molecule has 144 valence electrons. The minimum Gasteiger partial charge on any atom is -0.378 e. The summed E-state index contributed by atoms with van der Waals surface area (Å²) in [7, 11) is 1.66. The van der Waals surface area contributed by atoms with Crippen LogP contribution >= 0.6 is 0 Å². The Hall–Kier alpha value is -2.45. The van der Waals surface area contributed by atoms with Crippen LogP contribution in [0.15, 0.2) is 24.5 Å². The van der Waals surface area contributed by atoms with E-state index in [1.54, 1.807) is 13.3 Å². The third kappa shape index (κ3) is 3.54. The van der Waals surface area contributed by atoms with E-state index in [2.05, 4.69) is 42.2 Å². The van der Waals surface area contributed by atoms with Gasteiger partial charge in [0.1, 0.15) is 17.4 Å². The number of anilines is 2. The fourth-order valence-corrected chi connectivity index (χ4v) is 3.38. The molecule has 0 aliphatic carbocycles. The zero-order valence-corrected chi connectivity index (χ0v) is 16.3. The third-order valence-corrected chi connectivity index (χ3v) is 4.60. The lowest BCUT2D eigenvalue weighted by Gasteiger charge is -2.22. The van der Waals surface area contributed by atoms with Gasteiger partial charge in [0.25, 0.3) is 0 Å². The van der Waals surface area contributed by atoms with Gasteiger partial charge in [-0.25, -0.2) is 14.2 Å². The van der Waals surface area contributed by atoms with E-state index in [-0.39, 0.29) is 11.6 Å². The summed E-state index contributed by atoms with van der Waals surface area (Å²) in [6.07, 6.45) is 5.73. The molecule has 1 atom stereocenters. The van der Waals surface area contributed by atoms with Crippen molar-refractivity contribution in [3.05, 3.63) is 35.9 Å². The Morgan fingerprint density at radius 1 is 1.30 bits per heavy atom. The second-order valence-electron chi connectivity index (χ2n) is 7.84. The first kappa shape index (κ1) is 17.9. The maximum absolute atomic E-state index is 5.82. The Bertz CT molecular complexity index is 933. The maximum atomic E-state index is 5.82. The van der Waals surface area contributed by atoms with Gasteiger partial charge in [-0.1, -0.05) is 0 Å². The molecule has 0 spiro atoms. The lowest BCUT2D eigenvalue weighted by Crippen LogP contribution is -2.25.